The summed E-state index contributed by atoms with van der Waals surface area (Å²) in [6.45, 7) is 2.67. The predicted octanol–water partition coefficient (Wildman–Crippen LogP) is 4.27. The maximum absolute atomic E-state index is 13.8. The Bertz CT molecular complexity index is 1370. The van der Waals surface area contributed by atoms with Crippen molar-refractivity contribution < 1.29 is 23.9 Å². The second-order valence-corrected chi connectivity index (χ2v) is 9.03. The molecule has 1 heterocycles. The van der Waals surface area contributed by atoms with E-state index in [0.29, 0.717) is 47.7 Å². The van der Waals surface area contributed by atoms with Crippen LogP contribution in [0.15, 0.2) is 71.7 Å². The Balaban J connectivity index is 1.73. The van der Waals surface area contributed by atoms with Crippen molar-refractivity contribution in [3.05, 3.63) is 89.2 Å². The zero-order valence-electron chi connectivity index (χ0n) is 21.2. The quantitative estimate of drug-likeness (QED) is 0.349. The maximum atomic E-state index is 13.8. The van der Waals surface area contributed by atoms with Crippen molar-refractivity contribution in [2.24, 2.45) is 4.99 Å². The minimum Gasteiger partial charge on any atom is -0.481 e. The molecule has 0 saturated carbocycles. The fourth-order valence-corrected chi connectivity index (χ4v) is 4.43. The van der Waals surface area contributed by atoms with Crippen LogP contribution < -0.4 is 15.5 Å². The molecular weight excluding hydrogens is 487 g/mol. The molecule has 1 aliphatic heterocycles. The molecule has 1 aliphatic rings. The summed E-state index contributed by atoms with van der Waals surface area (Å²) in [6.07, 6.45) is 0.401. The van der Waals surface area contributed by atoms with Crippen molar-refractivity contribution in [3.8, 4) is 0 Å². The lowest BCUT2D eigenvalue weighted by Crippen LogP contribution is -2.34. The topological polar surface area (TPSA) is 111 Å². The molecule has 0 radical (unpaired) electrons. The Labute approximate surface area is 220 Å². The Morgan fingerprint density at radius 2 is 1.79 bits per heavy atom. The van der Waals surface area contributed by atoms with E-state index in [4.69, 9.17) is 10.1 Å². The number of halogens is 1. The van der Waals surface area contributed by atoms with E-state index < -0.39 is 17.7 Å². The van der Waals surface area contributed by atoms with Gasteiger partial charge in [-0.25, -0.2) is 4.39 Å². The molecule has 0 spiro atoms. The van der Waals surface area contributed by atoms with Gasteiger partial charge in [0.1, 0.15) is 11.7 Å². The number of amides is 2. The molecule has 1 unspecified atom stereocenters. The van der Waals surface area contributed by atoms with E-state index in [1.165, 1.54) is 19.1 Å². The average Bonchev–Trinajstić information content (AvgIpc) is 3.21. The number of aliphatic imine (C=N–C) groups is 1. The van der Waals surface area contributed by atoms with Crippen LogP contribution in [-0.4, -0.2) is 48.7 Å². The van der Waals surface area contributed by atoms with Crippen LogP contribution in [0, 0.1) is 5.82 Å². The van der Waals surface area contributed by atoms with E-state index in [9.17, 15) is 18.8 Å². The first-order chi connectivity index (χ1) is 18.3. The standard InChI is InChI=1S/C29H29FN4O4/c1-18(35)34(16-15-31-2)23-11-9-22(10-12-23)32-28(20-6-3-19(4-7-20)5-14-26(36)37)27-24-13-8-21(30)17-25(24)33-29(27)38/h3-4,6-13,17,27,31H,5,14-16H2,1-2H3,(H,33,38)(H,36,37). The van der Waals surface area contributed by atoms with Crippen LogP contribution in [0.2, 0.25) is 0 Å². The third-order valence-electron chi connectivity index (χ3n) is 6.37. The van der Waals surface area contributed by atoms with Crippen LogP contribution >= 0.6 is 0 Å². The molecule has 196 valence electrons. The number of carbonyl (C=O) groups is 3. The molecule has 3 aromatic rings. The van der Waals surface area contributed by atoms with Crippen molar-refractivity contribution in [1.82, 2.24) is 5.32 Å². The third-order valence-corrected chi connectivity index (χ3v) is 6.37. The highest BCUT2D eigenvalue weighted by molar-refractivity contribution is 6.24. The molecule has 3 N–H and O–H groups in total. The van der Waals surface area contributed by atoms with Crippen molar-refractivity contribution in [1.29, 1.82) is 0 Å². The number of hydrogen-bond acceptors (Lipinski definition) is 5. The summed E-state index contributed by atoms with van der Waals surface area (Å²) in [5.41, 5.74) is 4.35. The van der Waals surface area contributed by atoms with Crippen molar-refractivity contribution in [2.75, 3.05) is 30.4 Å². The summed E-state index contributed by atoms with van der Waals surface area (Å²) in [7, 11) is 1.82. The SMILES string of the molecule is CNCCN(C(C)=O)c1ccc(N=C(c2ccc(CCC(=O)O)cc2)C2C(=O)Nc3cc(F)ccc32)cc1. The van der Waals surface area contributed by atoms with Gasteiger partial charge in [-0.15, -0.1) is 0 Å². The van der Waals surface area contributed by atoms with Gasteiger partial charge in [-0.05, 0) is 66.6 Å². The number of fused-ring (bicyclic) bond motifs is 1. The first-order valence-electron chi connectivity index (χ1n) is 12.3. The molecular formula is C29H29FN4O4. The lowest BCUT2D eigenvalue weighted by Gasteiger charge is -2.21. The Hall–Kier alpha value is -4.37. The second kappa shape index (κ2) is 11.8. The van der Waals surface area contributed by atoms with Gasteiger partial charge in [-0.1, -0.05) is 30.3 Å². The molecule has 3 aromatic carbocycles. The molecule has 8 nitrogen and oxygen atoms in total. The molecule has 4 rings (SSSR count). The van der Waals surface area contributed by atoms with E-state index in [0.717, 1.165) is 11.3 Å². The molecule has 0 fully saturated rings. The number of nitrogens with one attached hydrogen (secondary N) is 2. The van der Waals surface area contributed by atoms with Gasteiger partial charge >= 0.3 is 5.97 Å². The average molecular weight is 517 g/mol. The van der Waals surface area contributed by atoms with E-state index in [-0.39, 0.29) is 18.2 Å². The summed E-state index contributed by atoms with van der Waals surface area (Å²) >= 11 is 0. The van der Waals surface area contributed by atoms with Gasteiger partial charge in [0.2, 0.25) is 11.8 Å². The Morgan fingerprint density at radius 3 is 2.42 bits per heavy atom. The minimum atomic E-state index is -0.875. The number of benzene rings is 3. The van der Waals surface area contributed by atoms with Crippen LogP contribution in [0.25, 0.3) is 0 Å². The summed E-state index contributed by atoms with van der Waals surface area (Å²) < 4.78 is 13.8. The highest BCUT2D eigenvalue weighted by atomic mass is 19.1. The number of hydrogen-bond donors (Lipinski definition) is 3. The van der Waals surface area contributed by atoms with Gasteiger partial charge in [0.05, 0.1) is 11.4 Å². The zero-order valence-corrected chi connectivity index (χ0v) is 21.2. The normalized spacial score (nSPS) is 14.7. The van der Waals surface area contributed by atoms with Gasteiger partial charge in [-0.3, -0.25) is 19.4 Å². The molecule has 0 saturated heterocycles. The van der Waals surface area contributed by atoms with Crippen LogP contribution in [0.1, 0.15) is 36.0 Å². The van der Waals surface area contributed by atoms with Crippen molar-refractivity contribution in [2.45, 2.75) is 25.7 Å². The second-order valence-electron chi connectivity index (χ2n) is 9.03. The minimum absolute atomic E-state index is 0.0161. The van der Waals surface area contributed by atoms with E-state index >= 15 is 0 Å². The van der Waals surface area contributed by atoms with Crippen LogP contribution in [0.3, 0.4) is 0 Å². The van der Waals surface area contributed by atoms with Gasteiger partial charge in [-0.2, -0.15) is 0 Å². The lowest BCUT2D eigenvalue weighted by molar-refractivity contribution is -0.137. The molecule has 0 aromatic heterocycles. The first-order valence-corrected chi connectivity index (χ1v) is 12.3. The van der Waals surface area contributed by atoms with Gasteiger partial charge in [0.25, 0.3) is 0 Å². The summed E-state index contributed by atoms with van der Waals surface area (Å²) in [6, 6.07) is 18.6. The number of carboxylic acids is 1. The fraction of sp³-hybridized carbons (Fsp3) is 0.241. The molecule has 1 atom stereocenters. The van der Waals surface area contributed by atoms with Crippen LogP contribution in [0.5, 0.6) is 0 Å². The van der Waals surface area contributed by atoms with Gasteiger partial charge in [0, 0.05) is 37.8 Å². The summed E-state index contributed by atoms with van der Waals surface area (Å²) in [5, 5.41) is 14.8. The number of likely N-dealkylation sites (N-methyl/N-ethyl adjacent to an activating group) is 1. The third kappa shape index (κ3) is 6.12. The van der Waals surface area contributed by atoms with Gasteiger partial charge in [0.15, 0.2) is 0 Å². The number of carbonyl (C=O) groups excluding carboxylic acids is 2. The smallest absolute Gasteiger partial charge is 0.303 e. The molecule has 0 bridgehead atoms. The maximum Gasteiger partial charge on any atom is 0.303 e. The number of nitrogens with zero attached hydrogens (tertiary/aromatic N) is 2. The summed E-state index contributed by atoms with van der Waals surface area (Å²) in [5.74, 6) is -2.48. The van der Waals surface area contributed by atoms with Crippen molar-refractivity contribution in [3.63, 3.8) is 0 Å². The monoisotopic (exact) mass is 516 g/mol. The van der Waals surface area contributed by atoms with E-state index in [1.54, 1.807) is 35.2 Å². The van der Waals surface area contributed by atoms with Crippen LogP contribution in [0.4, 0.5) is 21.5 Å². The number of carboxylic acid groups (broad SMARTS) is 1. The molecule has 2 amide bonds. The largest absolute Gasteiger partial charge is 0.481 e. The highest BCUT2D eigenvalue weighted by Crippen LogP contribution is 2.37. The lowest BCUT2D eigenvalue weighted by atomic mass is 9.90. The number of aryl methyl sites for hydroxylation is 1. The number of anilines is 2. The number of rotatable bonds is 10. The van der Waals surface area contributed by atoms with Crippen LogP contribution in [-0.2, 0) is 20.8 Å². The molecule has 0 aliphatic carbocycles. The van der Waals surface area contributed by atoms with Crippen molar-refractivity contribution >= 4 is 40.6 Å². The van der Waals surface area contributed by atoms with E-state index in [1.807, 2.05) is 31.3 Å². The van der Waals surface area contributed by atoms with Gasteiger partial charge < -0.3 is 20.6 Å². The Kier molecular flexibility index (Phi) is 8.28. The fourth-order valence-electron chi connectivity index (χ4n) is 4.43. The highest BCUT2D eigenvalue weighted by Gasteiger charge is 2.35. The van der Waals surface area contributed by atoms with E-state index in [2.05, 4.69) is 10.6 Å². The first kappa shape index (κ1) is 26.7. The summed E-state index contributed by atoms with van der Waals surface area (Å²) in [4.78, 5) is 42.7. The molecule has 9 heteroatoms. The zero-order chi connectivity index (χ0) is 27.2. The predicted molar refractivity (Wildman–Crippen MR) is 145 cm³/mol. The molecule has 38 heavy (non-hydrogen) atoms. The Morgan fingerprint density at radius 1 is 1.08 bits per heavy atom. The number of aliphatic carboxylic acids is 1.